The average molecular weight is 473 g/mol. The van der Waals surface area contributed by atoms with Crippen LogP contribution in [0.3, 0.4) is 0 Å². The van der Waals surface area contributed by atoms with E-state index in [9.17, 15) is 0 Å². The van der Waals surface area contributed by atoms with Gasteiger partial charge < -0.3 is 0 Å². The molecule has 0 aliphatic heterocycles. The van der Waals surface area contributed by atoms with E-state index in [2.05, 4.69) is 74.6 Å². The molecule has 0 saturated heterocycles. The van der Waals surface area contributed by atoms with Gasteiger partial charge >= 0.3 is 0 Å². The molecular formula is C15H21Br3S. The summed E-state index contributed by atoms with van der Waals surface area (Å²) in [6.45, 7) is 7.16. The van der Waals surface area contributed by atoms with Gasteiger partial charge in [0.05, 0.1) is 7.57 Å². The second-order valence-electron chi connectivity index (χ2n) is 6.66. The van der Waals surface area contributed by atoms with Crippen molar-refractivity contribution in [1.29, 1.82) is 0 Å². The molecule has 1 aliphatic rings. The molecule has 2 rings (SSSR count). The van der Waals surface area contributed by atoms with Gasteiger partial charge in [0.2, 0.25) is 0 Å². The Balaban J connectivity index is 2.00. The Morgan fingerprint density at radius 2 is 1.74 bits per heavy atom. The topological polar surface area (TPSA) is 0 Å². The lowest BCUT2D eigenvalue weighted by atomic mass is 9.69. The Labute approximate surface area is 146 Å². The Morgan fingerprint density at radius 3 is 2.16 bits per heavy atom. The number of hydrogen-bond acceptors (Lipinski definition) is 1. The molecule has 1 aliphatic carbocycles. The summed E-state index contributed by atoms with van der Waals surface area (Å²) in [6.07, 6.45) is 5.44. The van der Waals surface area contributed by atoms with Crippen LogP contribution in [0.25, 0.3) is 0 Å². The molecule has 1 heterocycles. The first kappa shape index (κ1) is 16.5. The highest BCUT2D eigenvalue weighted by atomic mass is 79.9. The van der Waals surface area contributed by atoms with Crippen molar-refractivity contribution in [1.82, 2.24) is 0 Å². The highest BCUT2D eigenvalue weighted by Gasteiger charge is 2.33. The molecule has 0 N–H and O–H groups in total. The molecule has 1 saturated carbocycles. The molecule has 0 nitrogen and oxygen atoms in total. The van der Waals surface area contributed by atoms with Gasteiger partial charge in [0.25, 0.3) is 0 Å². The van der Waals surface area contributed by atoms with E-state index >= 15 is 0 Å². The van der Waals surface area contributed by atoms with Crippen molar-refractivity contribution in [2.45, 2.75) is 51.3 Å². The first-order valence-electron chi connectivity index (χ1n) is 6.88. The highest BCUT2D eigenvalue weighted by Crippen LogP contribution is 2.49. The fourth-order valence-corrected chi connectivity index (χ4v) is 7.35. The van der Waals surface area contributed by atoms with Crippen LogP contribution in [-0.2, 0) is 0 Å². The largest absolute Gasteiger partial charge is 0.121 e. The van der Waals surface area contributed by atoms with Crippen molar-refractivity contribution < 1.29 is 0 Å². The van der Waals surface area contributed by atoms with Crippen molar-refractivity contribution in [2.75, 3.05) is 0 Å². The maximum atomic E-state index is 3.94. The molecule has 1 aromatic heterocycles. The molecule has 0 bridgehead atoms. The first-order valence-corrected chi connectivity index (χ1v) is 10.2. The maximum Gasteiger partial charge on any atom is 0.0753 e. The quantitative estimate of drug-likeness (QED) is 0.389. The summed E-state index contributed by atoms with van der Waals surface area (Å²) in [5.74, 6) is 1.66. The van der Waals surface area contributed by atoms with Gasteiger partial charge in [-0.1, -0.05) is 36.7 Å². The van der Waals surface area contributed by atoms with Crippen molar-refractivity contribution in [3.63, 3.8) is 0 Å². The van der Waals surface area contributed by atoms with Gasteiger partial charge in [-0.2, -0.15) is 0 Å². The molecule has 0 amide bonds. The predicted molar refractivity (Wildman–Crippen MR) is 96.3 cm³/mol. The van der Waals surface area contributed by atoms with Crippen molar-refractivity contribution >= 4 is 59.1 Å². The van der Waals surface area contributed by atoms with Gasteiger partial charge in [0, 0.05) is 4.83 Å². The van der Waals surface area contributed by atoms with E-state index in [0.717, 1.165) is 11.8 Å². The Morgan fingerprint density at radius 1 is 1.16 bits per heavy atom. The van der Waals surface area contributed by atoms with Crippen LogP contribution < -0.4 is 0 Å². The summed E-state index contributed by atoms with van der Waals surface area (Å²) in [5, 5.41) is 0. The second kappa shape index (κ2) is 6.50. The van der Waals surface area contributed by atoms with E-state index < -0.39 is 0 Å². The summed E-state index contributed by atoms with van der Waals surface area (Å²) >= 11 is 13.0. The van der Waals surface area contributed by atoms with Crippen LogP contribution in [0, 0.1) is 17.3 Å². The van der Waals surface area contributed by atoms with Crippen molar-refractivity contribution in [3.05, 3.63) is 19.2 Å². The summed E-state index contributed by atoms with van der Waals surface area (Å²) < 4.78 is 2.47. The van der Waals surface area contributed by atoms with Crippen LogP contribution in [-0.4, -0.2) is 0 Å². The van der Waals surface area contributed by atoms with Crippen molar-refractivity contribution in [2.24, 2.45) is 17.3 Å². The molecule has 1 aromatic rings. The Kier molecular flexibility index (Phi) is 5.64. The summed E-state index contributed by atoms with van der Waals surface area (Å²) in [4.78, 5) is 0.491. The van der Waals surface area contributed by atoms with Crippen LogP contribution in [0.2, 0.25) is 0 Å². The zero-order chi connectivity index (χ0) is 14.2. The number of rotatable bonds is 2. The van der Waals surface area contributed by atoms with E-state index in [1.807, 2.05) is 0 Å². The molecule has 0 spiro atoms. The van der Waals surface area contributed by atoms with Gasteiger partial charge in [-0.05, 0) is 86.4 Å². The van der Waals surface area contributed by atoms with Gasteiger partial charge in [-0.15, -0.1) is 11.3 Å². The lowest BCUT2D eigenvalue weighted by molar-refractivity contribution is 0.149. The lowest BCUT2D eigenvalue weighted by Gasteiger charge is -2.38. The van der Waals surface area contributed by atoms with Crippen LogP contribution in [0.15, 0.2) is 13.6 Å². The molecule has 0 radical (unpaired) electrons. The first-order chi connectivity index (χ1) is 8.79. The van der Waals surface area contributed by atoms with Gasteiger partial charge in [0.15, 0.2) is 0 Å². The molecule has 1 atom stereocenters. The summed E-state index contributed by atoms with van der Waals surface area (Å²) in [7, 11) is 0. The highest BCUT2D eigenvalue weighted by molar-refractivity contribution is 9.12. The fraction of sp³-hybridized carbons (Fsp3) is 0.733. The minimum absolute atomic E-state index is 0.471. The number of alkyl halides is 1. The smallest absolute Gasteiger partial charge is 0.0753 e. The zero-order valence-corrected chi connectivity index (χ0v) is 17.3. The predicted octanol–water partition coefficient (Wildman–Crippen LogP) is 7.56. The third kappa shape index (κ3) is 4.08. The van der Waals surface area contributed by atoms with Gasteiger partial charge in [0.1, 0.15) is 0 Å². The third-order valence-electron chi connectivity index (χ3n) is 4.39. The third-order valence-corrected chi connectivity index (χ3v) is 8.02. The SMILES string of the molecule is CC(C)(C)C1CCC(C(Br)c2cc(Br)sc2Br)CC1. The van der Waals surface area contributed by atoms with Crippen LogP contribution in [0.1, 0.15) is 56.8 Å². The number of hydrogen-bond donors (Lipinski definition) is 0. The zero-order valence-electron chi connectivity index (χ0n) is 11.7. The Hall–Kier alpha value is 1.14. The van der Waals surface area contributed by atoms with E-state index in [0.29, 0.717) is 10.2 Å². The van der Waals surface area contributed by atoms with E-state index in [1.165, 1.54) is 38.8 Å². The fourth-order valence-electron chi connectivity index (χ4n) is 3.07. The second-order valence-corrected chi connectivity index (χ2v) is 11.4. The molecular weight excluding hydrogens is 452 g/mol. The number of thiophene rings is 1. The number of halogens is 3. The average Bonchev–Trinajstić information content (AvgIpc) is 2.66. The molecule has 0 aromatic carbocycles. The molecule has 19 heavy (non-hydrogen) atoms. The van der Waals surface area contributed by atoms with E-state index in [-0.39, 0.29) is 0 Å². The van der Waals surface area contributed by atoms with Gasteiger partial charge in [-0.25, -0.2) is 0 Å². The Bertz CT molecular complexity index is 425. The maximum absolute atomic E-state index is 3.94. The molecule has 1 fully saturated rings. The molecule has 1 unspecified atom stereocenters. The standard InChI is InChI=1S/C15H21Br3S/c1-15(2,3)10-6-4-9(5-7-10)13(17)11-8-12(16)19-14(11)18/h8-10,13H,4-7H2,1-3H3. The minimum atomic E-state index is 0.471. The summed E-state index contributed by atoms with van der Waals surface area (Å²) in [6, 6.07) is 2.25. The summed E-state index contributed by atoms with van der Waals surface area (Å²) in [5.41, 5.74) is 1.88. The monoisotopic (exact) mass is 470 g/mol. The van der Waals surface area contributed by atoms with E-state index in [4.69, 9.17) is 0 Å². The van der Waals surface area contributed by atoms with E-state index in [1.54, 1.807) is 11.3 Å². The van der Waals surface area contributed by atoms with Crippen LogP contribution >= 0.6 is 59.1 Å². The van der Waals surface area contributed by atoms with Crippen LogP contribution in [0.5, 0.6) is 0 Å². The molecule has 108 valence electrons. The normalized spacial score (nSPS) is 26.4. The van der Waals surface area contributed by atoms with Crippen molar-refractivity contribution in [3.8, 4) is 0 Å². The van der Waals surface area contributed by atoms with Crippen LogP contribution in [0.4, 0.5) is 0 Å². The minimum Gasteiger partial charge on any atom is -0.121 e. The molecule has 4 heteroatoms. The van der Waals surface area contributed by atoms with Gasteiger partial charge in [-0.3, -0.25) is 0 Å². The lowest BCUT2D eigenvalue weighted by Crippen LogP contribution is -2.27.